The third-order valence-corrected chi connectivity index (χ3v) is 2.96. The average Bonchev–Trinajstić information content (AvgIpc) is 2.32. The van der Waals surface area contributed by atoms with Gasteiger partial charge in [-0.3, -0.25) is 0 Å². The number of anilines is 1. The van der Waals surface area contributed by atoms with Gasteiger partial charge in [0.15, 0.2) is 0 Å². The van der Waals surface area contributed by atoms with Crippen LogP contribution in [0.3, 0.4) is 0 Å². The van der Waals surface area contributed by atoms with E-state index >= 15 is 0 Å². The zero-order valence-corrected chi connectivity index (χ0v) is 10.5. The monoisotopic (exact) mass is 267 g/mol. The van der Waals surface area contributed by atoms with E-state index in [0.29, 0.717) is 10.7 Å². The lowest BCUT2D eigenvalue weighted by Gasteiger charge is -2.16. The van der Waals surface area contributed by atoms with E-state index in [1.165, 1.54) is 24.3 Å². The number of rotatable bonds is 3. The maximum atomic E-state index is 13.1. The molecule has 0 fully saturated rings. The van der Waals surface area contributed by atoms with Gasteiger partial charge < -0.3 is 5.32 Å². The highest BCUT2D eigenvalue weighted by Crippen LogP contribution is 2.26. The van der Waals surface area contributed by atoms with Gasteiger partial charge in [-0.25, -0.2) is 8.78 Å². The molecule has 0 spiro atoms. The van der Waals surface area contributed by atoms with Crippen molar-refractivity contribution in [1.82, 2.24) is 0 Å². The van der Waals surface area contributed by atoms with Crippen LogP contribution in [0.5, 0.6) is 0 Å². The van der Waals surface area contributed by atoms with E-state index in [2.05, 4.69) is 5.32 Å². The highest BCUT2D eigenvalue weighted by molar-refractivity contribution is 6.33. The third kappa shape index (κ3) is 2.99. The van der Waals surface area contributed by atoms with E-state index in [9.17, 15) is 8.78 Å². The fourth-order valence-corrected chi connectivity index (χ4v) is 1.92. The summed E-state index contributed by atoms with van der Waals surface area (Å²) in [5.74, 6) is -0.671. The van der Waals surface area contributed by atoms with Gasteiger partial charge >= 0.3 is 0 Å². The molecule has 18 heavy (non-hydrogen) atoms. The highest BCUT2D eigenvalue weighted by Gasteiger charge is 2.08. The quantitative estimate of drug-likeness (QED) is 0.843. The van der Waals surface area contributed by atoms with Crippen LogP contribution in [-0.2, 0) is 0 Å². The molecular formula is C14H12ClF2N. The molecule has 1 atom stereocenters. The number of hydrogen-bond acceptors (Lipinski definition) is 1. The number of halogens is 3. The second-order valence-electron chi connectivity index (χ2n) is 4.05. The van der Waals surface area contributed by atoms with E-state index in [0.717, 1.165) is 5.56 Å². The van der Waals surface area contributed by atoms with Crippen LogP contribution in [0.25, 0.3) is 0 Å². The molecule has 0 aliphatic carbocycles. The Labute approximate surface area is 109 Å². The van der Waals surface area contributed by atoms with Gasteiger partial charge in [0.25, 0.3) is 0 Å². The van der Waals surface area contributed by atoms with Crippen LogP contribution < -0.4 is 5.32 Å². The van der Waals surface area contributed by atoms with Crippen LogP contribution in [0.2, 0.25) is 5.02 Å². The van der Waals surface area contributed by atoms with Gasteiger partial charge in [-0.1, -0.05) is 23.7 Å². The number of nitrogens with one attached hydrogen (secondary N) is 1. The average molecular weight is 268 g/mol. The summed E-state index contributed by atoms with van der Waals surface area (Å²) in [5, 5.41) is 3.42. The summed E-state index contributed by atoms with van der Waals surface area (Å²) in [7, 11) is 0. The standard InChI is InChI=1S/C14H12ClF2N/c1-9(10-3-2-4-11(16)7-10)18-14-6-5-12(17)8-13(14)15/h2-9,18H,1H3. The molecular weight excluding hydrogens is 256 g/mol. The summed E-state index contributed by atoms with van der Waals surface area (Å²) < 4.78 is 26.0. The number of hydrogen-bond donors (Lipinski definition) is 1. The van der Waals surface area contributed by atoms with E-state index in [1.54, 1.807) is 12.1 Å². The molecule has 0 saturated carbocycles. The van der Waals surface area contributed by atoms with Crippen LogP contribution in [0.4, 0.5) is 14.5 Å². The smallest absolute Gasteiger partial charge is 0.124 e. The molecule has 0 aliphatic heterocycles. The normalized spacial score (nSPS) is 12.2. The van der Waals surface area contributed by atoms with Gasteiger partial charge in [-0.2, -0.15) is 0 Å². The van der Waals surface area contributed by atoms with Crippen molar-refractivity contribution in [3.63, 3.8) is 0 Å². The SMILES string of the molecule is CC(Nc1ccc(F)cc1Cl)c1cccc(F)c1. The molecule has 2 aromatic carbocycles. The predicted octanol–water partition coefficient (Wildman–Crippen LogP) is 4.79. The molecule has 1 N–H and O–H groups in total. The summed E-state index contributed by atoms with van der Waals surface area (Å²) >= 11 is 5.92. The minimum absolute atomic E-state index is 0.122. The van der Waals surface area contributed by atoms with Crippen LogP contribution >= 0.6 is 11.6 Å². The van der Waals surface area contributed by atoms with E-state index < -0.39 is 0 Å². The largest absolute Gasteiger partial charge is 0.377 e. The minimum atomic E-state index is -0.385. The maximum absolute atomic E-state index is 13.1. The molecule has 0 aromatic heterocycles. The lowest BCUT2D eigenvalue weighted by atomic mass is 10.1. The van der Waals surface area contributed by atoms with Crippen molar-refractivity contribution in [2.45, 2.75) is 13.0 Å². The Morgan fingerprint density at radius 1 is 1.06 bits per heavy atom. The zero-order valence-electron chi connectivity index (χ0n) is 9.75. The summed E-state index contributed by atoms with van der Waals surface area (Å²) in [5.41, 5.74) is 1.42. The fourth-order valence-electron chi connectivity index (χ4n) is 1.70. The van der Waals surface area contributed by atoms with Crippen molar-refractivity contribution < 1.29 is 8.78 Å². The molecule has 2 rings (SSSR count). The Bertz CT molecular complexity index is 557. The van der Waals surface area contributed by atoms with Crippen LogP contribution in [-0.4, -0.2) is 0 Å². The van der Waals surface area contributed by atoms with Gasteiger partial charge in [-0.05, 0) is 42.8 Å². The Morgan fingerprint density at radius 3 is 2.44 bits per heavy atom. The third-order valence-electron chi connectivity index (χ3n) is 2.65. The lowest BCUT2D eigenvalue weighted by Crippen LogP contribution is -2.07. The van der Waals surface area contributed by atoms with Crippen molar-refractivity contribution in [3.05, 3.63) is 64.7 Å². The van der Waals surface area contributed by atoms with Crippen LogP contribution in [0.1, 0.15) is 18.5 Å². The van der Waals surface area contributed by atoms with Crippen molar-refractivity contribution >= 4 is 17.3 Å². The molecule has 2 aromatic rings. The van der Waals surface area contributed by atoms with Gasteiger partial charge in [0.2, 0.25) is 0 Å². The summed E-state index contributed by atoms with van der Waals surface area (Å²) in [4.78, 5) is 0. The lowest BCUT2D eigenvalue weighted by molar-refractivity contribution is 0.623. The molecule has 1 nitrogen and oxygen atoms in total. The fraction of sp³-hybridized carbons (Fsp3) is 0.143. The first kappa shape index (κ1) is 12.8. The summed E-state index contributed by atoms with van der Waals surface area (Å²) in [6, 6.07) is 10.3. The topological polar surface area (TPSA) is 12.0 Å². The number of benzene rings is 2. The van der Waals surface area contributed by atoms with E-state index in [1.807, 2.05) is 13.0 Å². The zero-order chi connectivity index (χ0) is 13.1. The van der Waals surface area contributed by atoms with Gasteiger partial charge in [0, 0.05) is 6.04 Å². The molecule has 1 unspecified atom stereocenters. The van der Waals surface area contributed by atoms with Crippen molar-refractivity contribution in [3.8, 4) is 0 Å². The second kappa shape index (κ2) is 5.36. The first-order valence-corrected chi connectivity index (χ1v) is 5.91. The molecule has 0 amide bonds. The second-order valence-corrected chi connectivity index (χ2v) is 4.45. The summed E-state index contributed by atoms with van der Waals surface area (Å²) in [6.07, 6.45) is 0. The van der Waals surface area contributed by atoms with Crippen molar-refractivity contribution in [1.29, 1.82) is 0 Å². The van der Waals surface area contributed by atoms with E-state index in [-0.39, 0.29) is 17.7 Å². The first-order chi connectivity index (χ1) is 8.56. The Hall–Kier alpha value is -1.61. The minimum Gasteiger partial charge on any atom is -0.377 e. The maximum Gasteiger partial charge on any atom is 0.124 e. The van der Waals surface area contributed by atoms with Crippen molar-refractivity contribution in [2.75, 3.05) is 5.32 Å². The highest BCUT2D eigenvalue weighted by atomic mass is 35.5. The van der Waals surface area contributed by atoms with Gasteiger partial charge in [0.05, 0.1) is 10.7 Å². The van der Waals surface area contributed by atoms with Crippen LogP contribution in [0, 0.1) is 11.6 Å². The molecule has 0 heterocycles. The van der Waals surface area contributed by atoms with Crippen LogP contribution in [0.15, 0.2) is 42.5 Å². The van der Waals surface area contributed by atoms with Gasteiger partial charge in [-0.15, -0.1) is 0 Å². The van der Waals surface area contributed by atoms with Crippen molar-refractivity contribution in [2.24, 2.45) is 0 Å². The van der Waals surface area contributed by atoms with Gasteiger partial charge in [0.1, 0.15) is 11.6 Å². The molecule has 0 radical (unpaired) electrons. The van der Waals surface area contributed by atoms with E-state index in [4.69, 9.17) is 11.6 Å². The summed E-state index contributed by atoms with van der Waals surface area (Å²) in [6.45, 7) is 1.88. The molecule has 0 saturated heterocycles. The first-order valence-electron chi connectivity index (χ1n) is 5.53. The Balaban J connectivity index is 2.18. The Morgan fingerprint density at radius 2 is 1.78 bits per heavy atom. The molecule has 94 valence electrons. The molecule has 0 aliphatic rings. The molecule has 0 bridgehead atoms. The molecule has 4 heteroatoms. The predicted molar refractivity (Wildman–Crippen MR) is 69.8 cm³/mol. The Kier molecular flexibility index (Phi) is 3.82.